The van der Waals surface area contributed by atoms with Crippen molar-refractivity contribution in [2.75, 3.05) is 18.8 Å². The summed E-state index contributed by atoms with van der Waals surface area (Å²) in [5.41, 5.74) is 24.4. The molecule has 2 rings (SSSR count). The number of nitrogens with one attached hydrogen (secondary N) is 1. The van der Waals surface area contributed by atoms with E-state index >= 15 is 0 Å². The molecule has 0 radical (unpaired) electrons. The lowest BCUT2D eigenvalue weighted by atomic mass is 10.0. The van der Waals surface area contributed by atoms with Gasteiger partial charge in [0.25, 0.3) is 0 Å². The third kappa shape index (κ3) is 6.03. The first-order valence-corrected chi connectivity index (χ1v) is 10.1. The lowest BCUT2D eigenvalue weighted by Gasteiger charge is -2.16. The van der Waals surface area contributed by atoms with E-state index in [0.29, 0.717) is 30.0 Å². The summed E-state index contributed by atoms with van der Waals surface area (Å²) in [7, 11) is -4.15. The van der Waals surface area contributed by atoms with Gasteiger partial charge in [0.2, 0.25) is 10.0 Å². The van der Waals surface area contributed by atoms with Crippen molar-refractivity contribution in [2.45, 2.75) is 9.79 Å². The monoisotopic (exact) mass is 428 g/mol. The van der Waals surface area contributed by atoms with Crippen molar-refractivity contribution in [3.63, 3.8) is 0 Å². The maximum atomic E-state index is 12.1. The minimum Gasteiger partial charge on any atom is -0.384 e. The standard InChI is InChI=1S/C12H16N8O2S2.C2H8N2/c13-9-4-1-6(5-18-9)7-2-3-8(23-16)11(24(17,21)22)10(7)12(14)19-20-15;3-1-2-4/h1-5,20H,15-16H2,(H2,13,18)(H2,14,19)(H2,17,21,22);1-4H2. The molecule has 0 aliphatic heterocycles. The van der Waals surface area contributed by atoms with Gasteiger partial charge >= 0.3 is 0 Å². The summed E-state index contributed by atoms with van der Waals surface area (Å²) in [4.78, 5) is 3.95. The maximum absolute atomic E-state index is 12.1. The first kappa shape index (κ1) is 23.6. The van der Waals surface area contributed by atoms with Crippen molar-refractivity contribution in [3.05, 3.63) is 36.0 Å². The highest BCUT2D eigenvalue weighted by Gasteiger charge is 2.25. The van der Waals surface area contributed by atoms with Crippen molar-refractivity contribution < 1.29 is 8.42 Å². The number of nitrogens with two attached hydrogens (primary N) is 7. The largest absolute Gasteiger partial charge is 0.384 e. The number of hydrazone groups is 1. The van der Waals surface area contributed by atoms with Gasteiger partial charge < -0.3 is 22.9 Å². The molecule has 1 aromatic heterocycles. The molecular weight excluding hydrogens is 404 g/mol. The van der Waals surface area contributed by atoms with Crippen LogP contribution in [0.25, 0.3) is 11.1 Å². The highest BCUT2D eigenvalue weighted by atomic mass is 32.2. The highest BCUT2D eigenvalue weighted by molar-refractivity contribution is 7.98. The number of sulfonamides is 1. The Kier molecular flexibility index (Phi) is 9.07. The Morgan fingerprint density at radius 2 is 1.82 bits per heavy atom. The number of hydrogen-bond donors (Lipinski definition) is 8. The molecule has 0 atom stereocenters. The molecule has 0 unspecified atom stereocenters. The molecule has 1 heterocycles. The Labute approximate surface area is 167 Å². The molecule has 0 amide bonds. The van der Waals surface area contributed by atoms with Crippen LogP contribution in [0.3, 0.4) is 0 Å². The molecule has 154 valence electrons. The molecule has 0 aliphatic carbocycles. The van der Waals surface area contributed by atoms with Gasteiger partial charge in [-0.1, -0.05) is 6.07 Å². The van der Waals surface area contributed by atoms with Gasteiger partial charge in [-0.25, -0.2) is 29.9 Å². The van der Waals surface area contributed by atoms with Crippen molar-refractivity contribution in [1.29, 1.82) is 0 Å². The van der Waals surface area contributed by atoms with E-state index in [1.165, 1.54) is 12.3 Å². The van der Waals surface area contributed by atoms with E-state index in [9.17, 15) is 8.42 Å². The Morgan fingerprint density at radius 3 is 2.25 bits per heavy atom. The van der Waals surface area contributed by atoms with Crippen LogP contribution >= 0.6 is 11.9 Å². The Hall–Kier alpha value is -2.46. The number of amidine groups is 1. The molecule has 2 aromatic rings. The predicted octanol–water partition coefficient (Wildman–Crippen LogP) is -2.07. The van der Waals surface area contributed by atoms with Gasteiger partial charge in [0.1, 0.15) is 10.7 Å². The molecule has 0 aliphatic rings. The summed E-state index contributed by atoms with van der Waals surface area (Å²) in [5.74, 6) is 5.28. The first-order valence-electron chi connectivity index (χ1n) is 7.68. The molecular formula is C14H24N10O2S2. The zero-order valence-corrected chi connectivity index (χ0v) is 16.5. The van der Waals surface area contributed by atoms with E-state index in [1.807, 2.05) is 5.53 Å². The van der Waals surface area contributed by atoms with E-state index in [-0.39, 0.29) is 21.2 Å². The number of nitrogen functional groups attached to an aromatic ring is 1. The maximum Gasteiger partial charge on any atom is 0.239 e. The fourth-order valence-electron chi connectivity index (χ4n) is 2.12. The fourth-order valence-corrected chi connectivity index (χ4v) is 3.82. The lowest BCUT2D eigenvalue weighted by molar-refractivity contribution is 0.595. The fraction of sp³-hybridized carbons (Fsp3) is 0.143. The SMILES string of the molecule is NCCN.NN/N=C(\N)c1c(-c2ccc(N)nc2)ccc(SN)c1S(N)(=O)=O. The summed E-state index contributed by atoms with van der Waals surface area (Å²) in [6, 6.07) is 6.37. The third-order valence-corrected chi connectivity index (χ3v) is 4.95. The molecule has 14 heteroatoms. The van der Waals surface area contributed by atoms with Gasteiger partial charge in [0, 0.05) is 35.3 Å². The second kappa shape index (κ2) is 10.8. The molecule has 1 aromatic carbocycles. The Bertz CT molecular complexity index is 914. The topological polar surface area (TPSA) is 254 Å². The van der Waals surface area contributed by atoms with E-state index in [0.717, 1.165) is 11.9 Å². The van der Waals surface area contributed by atoms with Crippen LogP contribution in [-0.4, -0.2) is 32.3 Å². The summed E-state index contributed by atoms with van der Waals surface area (Å²) in [6.45, 7) is 1.19. The van der Waals surface area contributed by atoms with Crippen molar-refractivity contribution in [1.82, 2.24) is 10.5 Å². The minimum atomic E-state index is -4.15. The molecule has 15 N–H and O–H groups in total. The van der Waals surface area contributed by atoms with Crippen LogP contribution in [0.4, 0.5) is 5.82 Å². The van der Waals surface area contributed by atoms with E-state index in [4.69, 9.17) is 39.1 Å². The number of aromatic nitrogens is 1. The average Bonchev–Trinajstić information content (AvgIpc) is 2.67. The lowest BCUT2D eigenvalue weighted by Crippen LogP contribution is -2.27. The Balaban J connectivity index is 0.000000892. The number of nitrogens with zero attached hydrogens (tertiary/aromatic N) is 2. The van der Waals surface area contributed by atoms with Crippen LogP contribution in [0.2, 0.25) is 0 Å². The van der Waals surface area contributed by atoms with Crippen molar-refractivity contribution in [3.8, 4) is 11.1 Å². The average molecular weight is 429 g/mol. The molecule has 0 fully saturated rings. The zero-order valence-electron chi connectivity index (χ0n) is 14.9. The minimum absolute atomic E-state index is 0.0671. The summed E-state index contributed by atoms with van der Waals surface area (Å²) in [5, 5.41) is 14.5. The van der Waals surface area contributed by atoms with Crippen LogP contribution in [0.15, 0.2) is 45.4 Å². The second-order valence-corrected chi connectivity index (χ2v) is 7.33. The number of hydrazine groups is 1. The number of pyridine rings is 1. The molecule has 0 saturated heterocycles. The summed E-state index contributed by atoms with van der Waals surface area (Å²) >= 11 is 0.721. The van der Waals surface area contributed by atoms with Crippen molar-refractivity contribution in [2.24, 2.45) is 38.4 Å². The van der Waals surface area contributed by atoms with Gasteiger partial charge in [-0.05, 0) is 35.7 Å². The van der Waals surface area contributed by atoms with Crippen LogP contribution in [0.5, 0.6) is 0 Å². The van der Waals surface area contributed by atoms with Crippen molar-refractivity contribution >= 4 is 33.6 Å². The van der Waals surface area contributed by atoms with E-state index in [2.05, 4.69) is 10.1 Å². The number of primary sulfonamides is 1. The van der Waals surface area contributed by atoms with Crippen LogP contribution < -0.4 is 44.6 Å². The zero-order chi connectivity index (χ0) is 21.3. The quantitative estimate of drug-likeness (QED) is 0.0814. The molecule has 0 bridgehead atoms. The number of anilines is 1. The number of rotatable bonds is 6. The van der Waals surface area contributed by atoms with Gasteiger partial charge in [-0.2, -0.15) is 0 Å². The van der Waals surface area contributed by atoms with Crippen LogP contribution in [0, 0.1) is 0 Å². The van der Waals surface area contributed by atoms with Gasteiger partial charge in [-0.15, -0.1) is 5.10 Å². The molecule has 0 saturated carbocycles. The molecule has 0 spiro atoms. The number of benzene rings is 1. The molecule has 12 nitrogen and oxygen atoms in total. The first-order chi connectivity index (χ1) is 13.2. The van der Waals surface area contributed by atoms with E-state index < -0.39 is 10.0 Å². The Morgan fingerprint density at radius 1 is 1.18 bits per heavy atom. The third-order valence-electron chi connectivity index (χ3n) is 3.24. The summed E-state index contributed by atoms with van der Waals surface area (Å²) in [6.07, 6.45) is 1.47. The van der Waals surface area contributed by atoms with Crippen LogP contribution in [-0.2, 0) is 10.0 Å². The normalized spacial score (nSPS) is 11.5. The highest BCUT2D eigenvalue weighted by Crippen LogP contribution is 2.34. The van der Waals surface area contributed by atoms with Gasteiger partial charge in [-0.3, -0.25) is 5.14 Å². The second-order valence-electron chi connectivity index (χ2n) is 5.15. The molecule has 28 heavy (non-hydrogen) atoms. The smallest absolute Gasteiger partial charge is 0.239 e. The van der Waals surface area contributed by atoms with Crippen LogP contribution in [0.1, 0.15) is 5.56 Å². The predicted molar refractivity (Wildman–Crippen MR) is 112 cm³/mol. The summed E-state index contributed by atoms with van der Waals surface area (Å²) < 4.78 is 24.2. The van der Waals surface area contributed by atoms with Gasteiger partial charge in [0.15, 0.2) is 5.84 Å². The van der Waals surface area contributed by atoms with Gasteiger partial charge in [0.05, 0.1) is 0 Å². The number of hydrogen-bond acceptors (Lipinski definition) is 11. The van der Waals surface area contributed by atoms with E-state index in [1.54, 1.807) is 18.2 Å².